The quantitative estimate of drug-likeness (QED) is 0.848. The second-order valence-corrected chi connectivity index (χ2v) is 8.34. The molecule has 2 aliphatic rings. The summed E-state index contributed by atoms with van der Waals surface area (Å²) in [5.74, 6) is 0.634. The molecule has 2 saturated carbocycles. The van der Waals surface area contributed by atoms with Gasteiger partial charge in [0, 0.05) is 12.6 Å². The zero-order valence-corrected chi connectivity index (χ0v) is 12.8. The van der Waals surface area contributed by atoms with E-state index in [1.807, 2.05) is 12.1 Å². The van der Waals surface area contributed by atoms with E-state index in [1.54, 1.807) is 12.1 Å². The molecular weight excluding hydrogens is 272 g/mol. The number of rotatable bonds is 6. The van der Waals surface area contributed by atoms with Crippen molar-refractivity contribution in [3.63, 3.8) is 0 Å². The average Bonchev–Trinajstić information content (AvgIpc) is 3.27. The van der Waals surface area contributed by atoms with Crippen molar-refractivity contribution >= 4 is 15.7 Å². The Balaban J connectivity index is 1.74. The van der Waals surface area contributed by atoms with E-state index < -0.39 is 10.0 Å². The molecule has 1 unspecified atom stereocenters. The van der Waals surface area contributed by atoms with E-state index in [0.717, 1.165) is 19.4 Å². The number of hydrogen-bond acceptors (Lipinski definition) is 3. The highest BCUT2D eigenvalue weighted by Crippen LogP contribution is 2.51. The van der Waals surface area contributed by atoms with Crippen LogP contribution >= 0.6 is 0 Å². The second-order valence-electron chi connectivity index (χ2n) is 6.66. The van der Waals surface area contributed by atoms with Crippen LogP contribution in [0.3, 0.4) is 0 Å². The molecule has 2 fully saturated rings. The van der Waals surface area contributed by atoms with Crippen LogP contribution in [0, 0.1) is 11.3 Å². The van der Waals surface area contributed by atoms with Crippen molar-refractivity contribution in [3.8, 4) is 0 Å². The summed E-state index contributed by atoms with van der Waals surface area (Å²) in [5.41, 5.74) is 1.11. The van der Waals surface area contributed by atoms with Gasteiger partial charge < -0.3 is 5.32 Å². The molecule has 3 rings (SSSR count). The first-order valence-electron chi connectivity index (χ1n) is 7.24. The standard InChI is InChI=1S/C15H22N2O2S/c1-15(2)9-11(15)10-16-13-5-3-4-6-14(13)20(18,19)17-12-7-8-12/h3-6,11-12,16-17H,7-10H2,1-2H3. The zero-order valence-electron chi connectivity index (χ0n) is 12.0. The van der Waals surface area contributed by atoms with Gasteiger partial charge in [-0.2, -0.15) is 0 Å². The molecule has 0 bridgehead atoms. The third-order valence-electron chi connectivity index (χ3n) is 4.33. The lowest BCUT2D eigenvalue weighted by Crippen LogP contribution is -2.26. The summed E-state index contributed by atoms with van der Waals surface area (Å²) >= 11 is 0. The topological polar surface area (TPSA) is 58.2 Å². The summed E-state index contributed by atoms with van der Waals surface area (Å²) in [6.07, 6.45) is 3.10. The van der Waals surface area contributed by atoms with Gasteiger partial charge in [0.25, 0.3) is 0 Å². The van der Waals surface area contributed by atoms with Gasteiger partial charge >= 0.3 is 0 Å². The molecule has 0 amide bonds. The first-order chi connectivity index (χ1) is 9.38. The van der Waals surface area contributed by atoms with E-state index in [2.05, 4.69) is 23.9 Å². The largest absolute Gasteiger partial charge is 0.384 e. The molecule has 20 heavy (non-hydrogen) atoms. The smallest absolute Gasteiger partial charge is 0.242 e. The number of para-hydroxylation sites is 1. The van der Waals surface area contributed by atoms with Crippen molar-refractivity contribution in [1.29, 1.82) is 0 Å². The summed E-state index contributed by atoms with van der Waals surface area (Å²) < 4.78 is 27.4. The molecule has 110 valence electrons. The molecule has 5 heteroatoms. The van der Waals surface area contributed by atoms with Crippen molar-refractivity contribution in [2.75, 3.05) is 11.9 Å². The van der Waals surface area contributed by atoms with Gasteiger partial charge in [-0.3, -0.25) is 0 Å². The van der Waals surface area contributed by atoms with E-state index in [1.165, 1.54) is 6.42 Å². The molecule has 0 spiro atoms. The Morgan fingerprint density at radius 2 is 1.90 bits per heavy atom. The van der Waals surface area contributed by atoms with Gasteiger partial charge in [-0.05, 0) is 42.7 Å². The highest BCUT2D eigenvalue weighted by atomic mass is 32.2. The molecule has 4 nitrogen and oxygen atoms in total. The van der Waals surface area contributed by atoms with Crippen molar-refractivity contribution in [2.45, 2.75) is 44.0 Å². The molecule has 1 atom stereocenters. The normalized spacial score (nSPS) is 24.4. The van der Waals surface area contributed by atoms with E-state index >= 15 is 0 Å². The Morgan fingerprint density at radius 1 is 1.25 bits per heavy atom. The van der Waals surface area contributed by atoms with Crippen LogP contribution in [0.4, 0.5) is 5.69 Å². The summed E-state index contributed by atoms with van der Waals surface area (Å²) in [6.45, 7) is 5.33. The summed E-state index contributed by atoms with van der Waals surface area (Å²) in [6, 6.07) is 7.29. The fourth-order valence-electron chi connectivity index (χ4n) is 2.49. The van der Waals surface area contributed by atoms with Gasteiger partial charge in [0.1, 0.15) is 4.90 Å². The van der Waals surface area contributed by atoms with Crippen molar-refractivity contribution in [3.05, 3.63) is 24.3 Å². The van der Waals surface area contributed by atoms with E-state index in [4.69, 9.17) is 0 Å². The molecule has 0 radical (unpaired) electrons. The lowest BCUT2D eigenvalue weighted by Gasteiger charge is -2.13. The third kappa shape index (κ3) is 2.99. The average molecular weight is 294 g/mol. The van der Waals surface area contributed by atoms with E-state index in [0.29, 0.717) is 21.9 Å². The fourth-order valence-corrected chi connectivity index (χ4v) is 3.98. The minimum atomic E-state index is -3.40. The molecule has 0 saturated heterocycles. The van der Waals surface area contributed by atoms with Crippen LogP contribution in [-0.4, -0.2) is 21.0 Å². The van der Waals surface area contributed by atoms with E-state index in [9.17, 15) is 8.42 Å². The van der Waals surface area contributed by atoms with Crippen LogP contribution in [-0.2, 0) is 10.0 Å². The Bertz CT molecular complexity index is 606. The maximum Gasteiger partial charge on any atom is 0.242 e. The maximum atomic E-state index is 12.3. The molecule has 2 aliphatic carbocycles. The maximum absolute atomic E-state index is 12.3. The highest BCUT2D eigenvalue weighted by molar-refractivity contribution is 7.89. The lowest BCUT2D eigenvalue weighted by molar-refractivity contribution is 0.572. The van der Waals surface area contributed by atoms with Crippen LogP contribution in [0.1, 0.15) is 33.1 Å². The predicted molar refractivity (Wildman–Crippen MR) is 80.2 cm³/mol. The Labute approximate surface area is 121 Å². The molecule has 1 aromatic carbocycles. The van der Waals surface area contributed by atoms with Gasteiger partial charge in [-0.15, -0.1) is 0 Å². The highest BCUT2D eigenvalue weighted by Gasteiger charge is 2.45. The third-order valence-corrected chi connectivity index (χ3v) is 5.91. The fraction of sp³-hybridized carbons (Fsp3) is 0.600. The van der Waals surface area contributed by atoms with Gasteiger partial charge in [-0.1, -0.05) is 26.0 Å². The Morgan fingerprint density at radius 3 is 2.50 bits per heavy atom. The van der Waals surface area contributed by atoms with Crippen LogP contribution in [0.5, 0.6) is 0 Å². The number of anilines is 1. The van der Waals surface area contributed by atoms with Crippen LogP contribution < -0.4 is 10.0 Å². The minimum absolute atomic E-state index is 0.135. The number of hydrogen-bond donors (Lipinski definition) is 2. The monoisotopic (exact) mass is 294 g/mol. The molecule has 0 aliphatic heterocycles. The van der Waals surface area contributed by atoms with Crippen molar-refractivity contribution < 1.29 is 8.42 Å². The van der Waals surface area contributed by atoms with Crippen LogP contribution in [0.2, 0.25) is 0 Å². The number of sulfonamides is 1. The van der Waals surface area contributed by atoms with Crippen LogP contribution in [0.25, 0.3) is 0 Å². The SMILES string of the molecule is CC1(C)CC1CNc1ccccc1S(=O)(=O)NC1CC1. The predicted octanol–water partition coefficient (Wildman–Crippen LogP) is 2.59. The first-order valence-corrected chi connectivity index (χ1v) is 8.72. The lowest BCUT2D eigenvalue weighted by atomic mass is 10.1. The number of benzene rings is 1. The number of nitrogens with one attached hydrogen (secondary N) is 2. The Kier molecular flexibility index (Phi) is 3.29. The van der Waals surface area contributed by atoms with Gasteiger partial charge in [-0.25, -0.2) is 13.1 Å². The molecule has 2 N–H and O–H groups in total. The molecule has 0 aromatic heterocycles. The summed E-state index contributed by atoms with van der Waals surface area (Å²) in [5, 5.41) is 3.31. The van der Waals surface area contributed by atoms with Gasteiger partial charge in [0.2, 0.25) is 10.0 Å². The summed E-state index contributed by atoms with van der Waals surface area (Å²) in [7, 11) is -3.40. The molecule has 1 aromatic rings. The van der Waals surface area contributed by atoms with Crippen molar-refractivity contribution in [1.82, 2.24) is 4.72 Å². The second kappa shape index (κ2) is 4.74. The minimum Gasteiger partial charge on any atom is -0.384 e. The van der Waals surface area contributed by atoms with Crippen LogP contribution in [0.15, 0.2) is 29.2 Å². The zero-order chi connectivity index (χ0) is 14.4. The Hall–Kier alpha value is -1.07. The van der Waals surface area contributed by atoms with E-state index in [-0.39, 0.29) is 6.04 Å². The van der Waals surface area contributed by atoms with Gasteiger partial charge in [0.15, 0.2) is 0 Å². The van der Waals surface area contributed by atoms with Crippen molar-refractivity contribution in [2.24, 2.45) is 11.3 Å². The molecular formula is C15H22N2O2S. The van der Waals surface area contributed by atoms with Gasteiger partial charge in [0.05, 0.1) is 5.69 Å². The molecule has 0 heterocycles. The first kappa shape index (κ1) is 13.9. The summed E-state index contributed by atoms with van der Waals surface area (Å²) in [4.78, 5) is 0.366.